The molecule has 12 nitrogen and oxygen atoms in total. The first-order chi connectivity index (χ1) is 32.1. The van der Waals surface area contributed by atoms with Crippen molar-refractivity contribution in [2.45, 2.75) is 134 Å². The minimum atomic E-state index is -0.614. The summed E-state index contributed by atoms with van der Waals surface area (Å²) in [6, 6.07) is 24.8. The summed E-state index contributed by atoms with van der Waals surface area (Å²) in [5.41, 5.74) is 5.73. The molecule has 67 heavy (non-hydrogen) atoms. The Morgan fingerprint density at radius 3 is 1.52 bits per heavy atom. The Morgan fingerprint density at radius 1 is 0.582 bits per heavy atom. The number of hydrogen-bond donors (Lipinski definition) is 2. The number of rotatable bonds is 7. The molecule has 0 radical (unpaired) electrons. The van der Waals surface area contributed by atoms with Crippen LogP contribution in [0.4, 0.5) is 29.7 Å². The molecule has 0 aliphatic carbocycles. The number of anilines is 2. The monoisotopic (exact) mass is 912 g/mol. The van der Waals surface area contributed by atoms with Crippen molar-refractivity contribution < 1.29 is 27.8 Å². The van der Waals surface area contributed by atoms with Gasteiger partial charge in [-0.1, -0.05) is 42.5 Å². The van der Waals surface area contributed by atoms with Gasteiger partial charge in [0.25, 0.3) is 0 Å². The van der Waals surface area contributed by atoms with Gasteiger partial charge < -0.3 is 29.2 Å². The highest BCUT2D eigenvalue weighted by Gasteiger charge is 2.40. The molecule has 4 atom stereocenters. The number of aromatic amines is 2. The van der Waals surface area contributed by atoms with Crippen molar-refractivity contribution in [1.29, 1.82) is 0 Å². The lowest BCUT2D eigenvalue weighted by molar-refractivity contribution is 0.0208. The van der Waals surface area contributed by atoms with E-state index < -0.39 is 22.8 Å². The average Bonchev–Trinajstić information content (AvgIpc) is 4.14. The maximum atomic E-state index is 16.7. The molecular weight excluding hydrogens is 851 g/mol. The van der Waals surface area contributed by atoms with E-state index >= 15 is 8.78 Å². The van der Waals surface area contributed by atoms with Crippen molar-refractivity contribution in [3.8, 4) is 0 Å². The van der Waals surface area contributed by atoms with Crippen LogP contribution < -0.4 is 9.80 Å². The molecule has 4 aliphatic rings. The lowest BCUT2D eigenvalue weighted by atomic mass is 9.89. The summed E-state index contributed by atoms with van der Waals surface area (Å²) in [6.45, 7) is 13.5. The van der Waals surface area contributed by atoms with Gasteiger partial charge in [-0.2, -0.15) is 0 Å². The Labute approximate surface area is 391 Å². The number of fused-ring (bicyclic) bond motifs is 2. The summed E-state index contributed by atoms with van der Waals surface area (Å²) < 4.78 is 44.9. The molecular formula is C53H62F2N8O4. The number of piperidine rings is 1. The average molecular weight is 913 g/mol. The van der Waals surface area contributed by atoms with Gasteiger partial charge in [0.2, 0.25) is 0 Å². The Bertz CT molecular complexity index is 2630. The van der Waals surface area contributed by atoms with Gasteiger partial charge in [0.15, 0.2) is 11.6 Å². The molecule has 6 aromatic rings. The summed E-state index contributed by atoms with van der Waals surface area (Å²) in [5, 5.41) is 0. The molecule has 352 valence electrons. The van der Waals surface area contributed by atoms with E-state index in [1.54, 1.807) is 9.80 Å². The zero-order valence-corrected chi connectivity index (χ0v) is 39.4. The smallest absolute Gasteiger partial charge is 0.410 e. The molecule has 10 rings (SSSR count). The molecule has 2 amide bonds. The lowest BCUT2D eigenvalue weighted by Crippen LogP contribution is -2.36. The van der Waals surface area contributed by atoms with E-state index in [-0.39, 0.29) is 42.0 Å². The van der Waals surface area contributed by atoms with Crippen molar-refractivity contribution in [3.05, 3.63) is 119 Å². The van der Waals surface area contributed by atoms with E-state index in [1.807, 2.05) is 76.8 Å². The number of amides is 2. The van der Waals surface area contributed by atoms with E-state index in [0.717, 1.165) is 84.6 Å². The van der Waals surface area contributed by atoms with E-state index in [4.69, 9.17) is 19.4 Å². The molecule has 0 saturated carbocycles. The SMILES string of the molecule is CC(C)(C)OC(=O)N1CCCC1c1nc2ccc([C@H]3CC[C@H](c4ccc5nc(C6CCCN6C(=O)OC(C)(C)C)[nH]c5c4)N3c3cc(F)c(N4CCC(c5ccccc5)CC4)c(F)c3)cc2[nH]1. The van der Waals surface area contributed by atoms with Gasteiger partial charge in [-0.3, -0.25) is 9.80 Å². The predicted molar refractivity (Wildman–Crippen MR) is 256 cm³/mol. The summed E-state index contributed by atoms with van der Waals surface area (Å²) in [6.07, 6.45) is 5.62. The highest BCUT2D eigenvalue weighted by Crippen LogP contribution is 2.49. The third-order valence-electron chi connectivity index (χ3n) is 14.0. The first kappa shape index (κ1) is 44.6. The second-order valence-electron chi connectivity index (χ2n) is 20.9. The minimum Gasteiger partial charge on any atom is -0.444 e. The van der Waals surface area contributed by atoms with Gasteiger partial charge >= 0.3 is 12.2 Å². The van der Waals surface area contributed by atoms with Crippen LogP contribution in [0.25, 0.3) is 22.1 Å². The van der Waals surface area contributed by atoms with Crippen LogP contribution >= 0.6 is 0 Å². The van der Waals surface area contributed by atoms with Crippen molar-refractivity contribution in [2.24, 2.45) is 0 Å². The van der Waals surface area contributed by atoms with E-state index in [2.05, 4.69) is 51.3 Å². The summed E-state index contributed by atoms with van der Waals surface area (Å²) in [5.74, 6) is 0.630. The fourth-order valence-electron chi connectivity index (χ4n) is 11.0. The fourth-order valence-corrected chi connectivity index (χ4v) is 11.0. The second kappa shape index (κ2) is 17.5. The zero-order valence-electron chi connectivity index (χ0n) is 39.4. The fraction of sp³-hybridized carbons (Fsp3) is 0.472. The van der Waals surface area contributed by atoms with Gasteiger partial charge in [-0.05, 0) is 152 Å². The summed E-state index contributed by atoms with van der Waals surface area (Å²) in [4.78, 5) is 51.0. The third kappa shape index (κ3) is 9.03. The van der Waals surface area contributed by atoms with Gasteiger partial charge in [-0.15, -0.1) is 0 Å². The van der Waals surface area contributed by atoms with Crippen LogP contribution in [0.2, 0.25) is 0 Å². The minimum absolute atomic E-state index is 0.0278. The first-order valence-corrected chi connectivity index (χ1v) is 24.1. The second-order valence-corrected chi connectivity index (χ2v) is 20.9. The van der Waals surface area contributed by atoms with Crippen LogP contribution in [0.15, 0.2) is 78.9 Å². The molecule has 6 heterocycles. The van der Waals surface area contributed by atoms with Crippen LogP contribution in [0.5, 0.6) is 0 Å². The number of likely N-dealkylation sites (tertiary alicyclic amines) is 2. The predicted octanol–water partition coefficient (Wildman–Crippen LogP) is 12.3. The Kier molecular flexibility index (Phi) is 11.6. The normalized spacial score (nSPS) is 21.9. The third-order valence-corrected chi connectivity index (χ3v) is 14.0. The number of benzene rings is 4. The molecule has 4 aliphatic heterocycles. The number of hydrogen-bond acceptors (Lipinski definition) is 8. The number of carbonyl (C=O) groups is 2. The molecule has 2 unspecified atom stereocenters. The molecule has 4 aromatic carbocycles. The van der Waals surface area contributed by atoms with Crippen LogP contribution in [0.1, 0.15) is 151 Å². The van der Waals surface area contributed by atoms with Gasteiger partial charge in [-0.25, -0.2) is 28.3 Å². The maximum Gasteiger partial charge on any atom is 0.410 e. The van der Waals surface area contributed by atoms with E-state index in [0.29, 0.717) is 49.4 Å². The summed E-state index contributed by atoms with van der Waals surface area (Å²) in [7, 11) is 0. The Hall–Kier alpha value is -6.18. The molecule has 2 aromatic heterocycles. The number of nitrogens with zero attached hydrogens (tertiary/aromatic N) is 6. The van der Waals surface area contributed by atoms with Crippen molar-refractivity contribution >= 4 is 45.6 Å². The Balaban J connectivity index is 0.973. The number of carbonyl (C=O) groups excluding carboxylic acids is 2. The number of aromatic nitrogens is 4. The van der Waals surface area contributed by atoms with E-state index in [9.17, 15) is 9.59 Å². The quantitative estimate of drug-likeness (QED) is 0.162. The van der Waals surface area contributed by atoms with Crippen molar-refractivity contribution in [2.75, 3.05) is 36.0 Å². The Morgan fingerprint density at radius 2 is 1.06 bits per heavy atom. The lowest BCUT2D eigenvalue weighted by Gasteiger charge is -2.36. The number of halogens is 2. The van der Waals surface area contributed by atoms with E-state index in [1.165, 1.54) is 17.7 Å². The number of nitrogens with one attached hydrogen (secondary N) is 2. The molecule has 14 heteroatoms. The van der Waals surface area contributed by atoms with Gasteiger partial charge in [0.1, 0.15) is 28.5 Å². The highest BCUT2D eigenvalue weighted by atomic mass is 19.1. The molecule has 0 bridgehead atoms. The molecule has 0 spiro atoms. The largest absolute Gasteiger partial charge is 0.444 e. The standard InChI is InChI=1S/C53H62F2N8O4/c1-52(2,3)66-50(64)61-24-10-14-45(61)48-56-39-18-16-34(28-41(39)58-48)43-20-21-44(35-17-19-40-42(29-35)59-49(57-40)46-15-11-25-62(46)51(65)67-53(4,5)6)63(43)36-30-37(54)47(38(55)31-36)60-26-22-33(23-27-60)32-12-8-7-9-13-32/h7-9,12-13,16-19,28-31,33,43-46H,10-11,14-15,20-27H2,1-6H3,(H,56,58)(H,57,59)/t43-,44-,45?,46?/m1/s1. The van der Waals surface area contributed by atoms with Crippen molar-refractivity contribution in [1.82, 2.24) is 29.7 Å². The van der Waals surface area contributed by atoms with Crippen LogP contribution in [0, 0.1) is 11.6 Å². The maximum absolute atomic E-state index is 16.7. The number of imidazole rings is 2. The van der Waals surface area contributed by atoms with Crippen LogP contribution in [0.3, 0.4) is 0 Å². The number of H-pyrrole nitrogens is 2. The summed E-state index contributed by atoms with van der Waals surface area (Å²) >= 11 is 0. The molecule has 2 N–H and O–H groups in total. The van der Waals surface area contributed by atoms with Gasteiger partial charge in [0.05, 0.1) is 46.2 Å². The molecule has 4 saturated heterocycles. The van der Waals surface area contributed by atoms with Crippen LogP contribution in [-0.2, 0) is 9.47 Å². The first-order valence-electron chi connectivity index (χ1n) is 24.1. The molecule has 4 fully saturated rings. The van der Waals surface area contributed by atoms with Crippen LogP contribution in [-0.4, -0.2) is 79.3 Å². The number of ether oxygens (including phenoxy) is 2. The zero-order chi connectivity index (χ0) is 46.8. The highest BCUT2D eigenvalue weighted by molar-refractivity contribution is 5.79. The van der Waals surface area contributed by atoms with Crippen molar-refractivity contribution in [3.63, 3.8) is 0 Å². The topological polar surface area (TPSA) is 123 Å². The van der Waals surface area contributed by atoms with Gasteiger partial charge in [0, 0.05) is 31.9 Å².